The normalized spacial score (nSPS) is 14.8. The molecule has 0 aromatic heterocycles. The number of nitrogens with zero attached hydrogens (tertiary/aromatic N) is 2. The molecule has 156 valence electrons. The van der Waals surface area contributed by atoms with Crippen molar-refractivity contribution >= 4 is 27.3 Å². The molecule has 0 radical (unpaired) electrons. The van der Waals surface area contributed by atoms with E-state index in [9.17, 15) is 13.2 Å². The Morgan fingerprint density at radius 2 is 1.76 bits per heavy atom. The average Bonchev–Trinajstić information content (AvgIpc) is 2.75. The molecule has 0 unspecified atom stereocenters. The lowest BCUT2D eigenvalue weighted by Gasteiger charge is -2.30. The molecule has 1 saturated heterocycles. The number of sulfonamides is 1. The number of benzene rings is 2. The van der Waals surface area contributed by atoms with Crippen LogP contribution >= 0.6 is 0 Å². The molecule has 29 heavy (non-hydrogen) atoms. The summed E-state index contributed by atoms with van der Waals surface area (Å²) in [5.74, 6) is -0.345. The van der Waals surface area contributed by atoms with Gasteiger partial charge in [-0.3, -0.25) is 4.79 Å². The van der Waals surface area contributed by atoms with Gasteiger partial charge in [0.1, 0.15) is 0 Å². The third-order valence-corrected chi connectivity index (χ3v) is 6.99. The second-order valence-electron chi connectivity index (χ2n) is 6.69. The minimum atomic E-state index is -3.62. The van der Waals surface area contributed by atoms with Gasteiger partial charge in [0.2, 0.25) is 10.0 Å². The van der Waals surface area contributed by atoms with E-state index in [4.69, 9.17) is 4.74 Å². The van der Waals surface area contributed by atoms with Crippen molar-refractivity contribution in [3.8, 4) is 0 Å². The van der Waals surface area contributed by atoms with E-state index in [1.807, 2.05) is 24.3 Å². The Morgan fingerprint density at radius 3 is 2.45 bits per heavy atom. The molecule has 2 aromatic rings. The number of anilines is 2. The summed E-state index contributed by atoms with van der Waals surface area (Å²) in [6.45, 7) is 7.14. The fourth-order valence-corrected chi connectivity index (χ4v) is 4.87. The van der Waals surface area contributed by atoms with Crippen LogP contribution < -0.4 is 10.2 Å². The lowest BCUT2D eigenvalue weighted by Crippen LogP contribution is -2.36. The van der Waals surface area contributed by atoms with Gasteiger partial charge >= 0.3 is 0 Å². The summed E-state index contributed by atoms with van der Waals surface area (Å²) in [5.41, 5.74) is 1.92. The van der Waals surface area contributed by atoms with Gasteiger partial charge in [-0.1, -0.05) is 32.0 Å². The molecule has 0 saturated carbocycles. The van der Waals surface area contributed by atoms with Crippen LogP contribution in [0.4, 0.5) is 11.4 Å². The van der Waals surface area contributed by atoms with Crippen LogP contribution in [0.25, 0.3) is 0 Å². The van der Waals surface area contributed by atoms with Crippen LogP contribution in [0.3, 0.4) is 0 Å². The first-order valence-corrected chi connectivity index (χ1v) is 11.2. The van der Waals surface area contributed by atoms with E-state index < -0.39 is 10.0 Å². The highest BCUT2D eigenvalue weighted by Crippen LogP contribution is 2.27. The molecule has 7 nitrogen and oxygen atoms in total. The fraction of sp³-hybridized carbons (Fsp3) is 0.381. The first-order valence-electron chi connectivity index (χ1n) is 9.80. The molecule has 1 aliphatic heterocycles. The summed E-state index contributed by atoms with van der Waals surface area (Å²) >= 11 is 0. The summed E-state index contributed by atoms with van der Waals surface area (Å²) in [7, 11) is -3.62. The highest BCUT2D eigenvalue weighted by atomic mass is 32.2. The number of morpholine rings is 1. The average molecular weight is 418 g/mol. The first-order chi connectivity index (χ1) is 14.0. The summed E-state index contributed by atoms with van der Waals surface area (Å²) in [5, 5.41) is 2.93. The Labute approximate surface area is 172 Å². The van der Waals surface area contributed by atoms with Crippen molar-refractivity contribution in [2.75, 3.05) is 49.6 Å². The fourth-order valence-electron chi connectivity index (χ4n) is 3.36. The smallest absolute Gasteiger partial charge is 0.255 e. The van der Waals surface area contributed by atoms with Gasteiger partial charge in [0.25, 0.3) is 5.91 Å². The quantitative estimate of drug-likeness (QED) is 0.749. The van der Waals surface area contributed by atoms with Crippen LogP contribution in [-0.2, 0) is 14.8 Å². The summed E-state index contributed by atoms with van der Waals surface area (Å²) in [6.07, 6.45) is 0. The van der Waals surface area contributed by atoms with Crippen molar-refractivity contribution in [1.82, 2.24) is 4.31 Å². The van der Waals surface area contributed by atoms with Gasteiger partial charge in [0, 0.05) is 31.7 Å². The Hall–Kier alpha value is -2.42. The Kier molecular flexibility index (Phi) is 6.89. The van der Waals surface area contributed by atoms with E-state index in [2.05, 4.69) is 10.2 Å². The molecule has 1 amide bonds. The maximum Gasteiger partial charge on any atom is 0.255 e. The van der Waals surface area contributed by atoms with Crippen molar-refractivity contribution in [2.45, 2.75) is 18.7 Å². The summed E-state index contributed by atoms with van der Waals surface area (Å²) in [6, 6.07) is 13.8. The van der Waals surface area contributed by atoms with Crippen LogP contribution in [0.1, 0.15) is 24.2 Å². The molecule has 0 atom stereocenters. The molecule has 1 heterocycles. The van der Waals surface area contributed by atoms with E-state index in [1.165, 1.54) is 16.4 Å². The minimum Gasteiger partial charge on any atom is -0.378 e. The monoisotopic (exact) mass is 417 g/mol. The maximum atomic E-state index is 12.9. The maximum absolute atomic E-state index is 12.9. The molecular formula is C21H27N3O4S. The molecule has 1 aliphatic rings. The van der Waals surface area contributed by atoms with E-state index in [0.29, 0.717) is 37.6 Å². The van der Waals surface area contributed by atoms with Crippen LogP contribution in [0.15, 0.2) is 53.4 Å². The second-order valence-corrected chi connectivity index (χ2v) is 8.63. The number of nitrogens with one attached hydrogen (secondary N) is 1. The third-order valence-electron chi connectivity index (χ3n) is 4.94. The van der Waals surface area contributed by atoms with Crippen molar-refractivity contribution in [3.63, 3.8) is 0 Å². The predicted octanol–water partition coefficient (Wildman–Crippen LogP) is 2.81. The SMILES string of the molecule is CCN(CC)S(=O)(=O)c1cccc(C(=O)Nc2ccccc2N2CCOCC2)c1. The topological polar surface area (TPSA) is 79.0 Å². The molecule has 8 heteroatoms. The highest BCUT2D eigenvalue weighted by molar-refractivity contribution is 7.89. The van der Waals surface area contributed by atoms with Crippen LogP contribution in [0, 0.1) is 0 Å². The summed E-state index contributed by atoms with van der Waals surface area (Å²) in [4.78, 5) is 15.2. The van der Waals surface area contributed by atoms with Gasteiger partial charge in [-0.15, -0.1) is 0 Å². The lowest BCUT2D eigenvalue weighted by molar-refractivity contribution is 0.102. The van der Waals surface area contributed by atoms with E-state index in [0.717, 1.165) is 18.8 Å². The zero-order valence-corrected chi connectivity index (χ0v) is 17.6. The zero-order chi connectivity index (χ0) is 20.9. The number of para-hydroxylation sites is 2. The van der Waals surface area contributed by atoms with Gasteiger partial charge in [-0.25, -0.2) is 8.42 Å². The number of amides is 1. The van der Waals surface area contributed by atoms with Crippen molar-refractivity contribution in [3.05, 3.63) is 54.1 Å². The lowest BCUT2D eigenvalue weighted by atomic mass is 10.2. The molecule has 3 rings (SSSR count). The van der Waals surface area contributed by atoms with E-state index in [1.54, 1.807) is 26.0 Å². The number of carbonyl (C=O) groups excluding carboxylic acids is 1. The number of hydrogen-bond acceptors (Lipinski definition) is 5. The van der Waals surface area contributed by atoms with Crippen LogP contribution in [0.2, 0.25) is 0 Å². The Morgan fingerprint density at radius 1 is 1.07 bits per heavy atom. The van der Waals surface area contributed by atoms with Gasteiger partial charge in [-0.05, 0) is 30.3 Å². The molecule has 1 N–H and O–H groups in total. The summed E-state index contributed by atoms with van der Waals surface area (Å²) < 4.78 is 32.3. The number of carbonyl (C=O) groups is 1. The third kappa shape index (κ3) is 4.77. The van der Waals surface area contributed by atoms with Crippen molar-refractivity contribution in [1.29, 1.82) is 0 Å². The standard InChI is InChI=1S/C21H27N3O4S/c1-3-24(4-2)29(26,27)18-9-7-8-17(16-18)21(25)22-19-10-5-6-11-20(19)23-12-14-28-15-13-23/h5-11,16H,3-4,12-15H2,1-2H3,(H,22,25). The molecule has 0 bridgehead atoms. The Bertz CT molecular complexity index is 952. The van der Waals surface area contributed by atoms with Crippen LogP contribution in [-0.4, -0.2) is 58.0 Å². The molecule has 1 fully saturated rings. The second kappa shape index (κ2) is 9.39. The van der Waals surface area contributed by atoms with E-state index >= 15 is 0 Å². The molecule has 0 aliphatic carbocycles. The van der Waals surface area contributed by atoms with Gasteiger partial charge in [-0.2, -0.15) is 4.31 Å². The van der Waals surface area contributed by atoms with Gasteiger partial charge in [0.05, 0.1) is 29.5 Å². The first kappa shape index (κ1) is 21.3. The van der Waals surface area contributed by atoms with Gasteiger partial charge < -0.3 is 15.0 Å². The van der Waals surface area contributed by atoms with Gasteiger partial charge in [0.15, 0.2) is 0 Å². The largest absolute Gasteiger partial charge is 0.378 e. The van der Waals surface area contributed by atoms with Crippen molar-refractivity contribution in [2.24, 2.45) is 0 Å². The van der Waals surface area contributed by atoms with Crippen LogP contribution in [0.5, 0.6) is 0 Å². The number of ether oxygens (including phenoxy) is 1. The highest BCUT2D eigenvalue weighted by Gasteiger charge is 2.23. The molecule has 2 aromatic carbocycles. The molecule has 0 spiro atoms. The number of hydrogen-bond donors (Lipinski definition) is 1. The van der Waals surface area contributed by atoms with E-state index in [-0.39, 0.29) is 10.8 Å². The zero-order valence-electron chi connectivity index (χ0n) is 16.8. The molecular weight excluding hydrogens is 390 g/mol. The minimum absolute atomic E-state index is 0.121. The predicted molar refractivity (Wildman–Crippen MR) is 114 cm³/mol. The van der Waals surface area contributed by atoms with Crippen molar-refractivity contribution < 1.29 is 17.9 Å². The number of rotatable bonds is 7. The Balaban J connectivity index is 1.84.